The summed E-state index contributed by atoms with van der Waals surface area (Å²) in [7, 11) is 3.37. The molecular formula is C24H27N5O2. The van der Waals surface area contributed by atoms with Gasteiger partial charge in [-0.15, -0.1) is 5.10 Å². The van der Waals surface area contributed by atoms with Crippen LogP contribution in [0.3, 0.4) is 0 Å². The predicted octanol–water partition coefficient (Wildman–Crippen LogP) is 3.64. The highest BCUT2D eigenvalue weighted by atomic mass is 16.5. The lowest BCUT2D eigenvalue weighted by molar-refractivity contribution is 0.0990. The Bertz CT molecular complexity index is 1130. The highest BCUT2D eigenvalue weighted by Gasteiger charge is 2.21. The molecule has 7 nitrogen and oxygen atoms in total. The molecule has 0 spiro atoms. The first-order valence-corrected chi connectivity index (χ1v) is 10.4. The van der Waals surface area contributed by atoms with Crippen molar-refractivity contribution in [3.05, 3.63) is 70.3 Å². The lowest BCUT2D eigenvalue weighted by Gasteiger charge is -2.29. The molecule has 0 bridgehead atoms. The Balaban J connectivity index is 1.50. The number of aryl methyl sites for hydroxylation is 2. The molecule has 1 aliphatic heterocycles. The van der Waals surface area contributed by atoms with E-state index >= 15 is 0 Å². The van der Waals surface area contributed by atoms with Crippen molar-refractivity contribution in [2.24, 2.45) is 7.05 Å². The molecule has 0 atom stereocenters. The van der Waals surface area contributed by atoms with Gasteiger partial charge in [-0.25, -0.2) is 0 Å². The smallest absolute Gasteiger partial charge is 0.266 e. The molecular weight excluding hydrogens is 390 g/mol. The molecule has 0 amide bonds. The Labute approximate surface area is 182 Å². The molecule has 160 valence electrons. The number of carbonyl (C=O) groups is 1. The number of ether oxygens (including phenoxy) is 1. The van der Waals surface area contributed by atoms with Gasteiger partial charge in [0.15, 0.2) is 5.78 Å². The average molecular weight is 418 g/mol. The molecule has 1 aliphatic rings. The minimum absolute atomic E-state index is 0.0567. The van der Waals surface area contributed by atoms with E-state index in [1.54, 1.807) is 14.2 Å². The zero-order valence-corrected chi connectivity index (χ0v) is 18.4. The van der Waals surface area contributed by atoms with Crippen LogP contribution in [0.15, 0.2) is 48.0 Å². The van der Waals surface area contributed by atoms with Gasteiger partial charge in [-0.05, 0) is 54.3 Å². The van der Waals surface area contributed by atoms with Gasteiger partial charge in [0.05, 0.1) is 19.7 Å². The summed E-state index contributed by atoms with van der Waals surface area (Å²) in [5, 5.41) is 12.4. The molecule has 0 saturated heterocycles. The lowest BCUT2D eigenvalue weighted by atomic mass is 9.93. The summed E-state index contributed by atoms with van der Waals surface area (Å²) < 4.78 is 5.37. The van der Waals surface area contributed by atoms with Crippen molar-refractivity contribution in [2.45, 2.75) is 26.7 Å². The van der Waals surface area contributed by atoms with Crippen molar-refractivity contribution in [2.75, 3.05) is 25.1 Å². The quantitative estimate of drug-likeness (QED) is 0.570. The Hall–Kier alpha value is -3.48. The minimum atomic E-state index is 0.0567. The number of methoxy groups -OCH3 is 1. The van der Waals surface area contributed by atoms with E-state index in [1.165, 1.54) is 15.9 Å². The van der Waals surface area contributed by atoms with E-state index in [2.05, 4.69) is 39.4 Å². The van der Waals surface area contributed by atoms with E-state index in [9.17, 15) is 4.79 Å². The van der Waals surface area contributed by atoms with Crippen LogP contribution < -0.4 is 9.64 Å². The van der Waals surface area contributed by atoms with E-state index in [-0.39, 0.29) is 5.78 Å². The van der Waals surface area contributed by atoms with E-state index < -0.39 is 0 Å². The Morgan fingerprint density at radius 2 is 1.90 bits per heavy atom. The highest BCUT2D eigenvalue weighted by Crippen LogP contribution is 2.28. The van der Waals surface area contributed by atoms with Crippen molar-refractivity contribution in [3.63, 3.8) is 0 Å². The molecule has 1 aromatic heterocycles. The molecule has 0 saturated carbocycles. The molecule has 0 fully saturated rings. The number of aromatic nitrogens is 4. The number of hydrogen-bond acceptors (Lipinski definition) is 6. The summed E-state index contributed by atoms with van der Waals surface area (Å²) in [5.74, 6) is 1.33. The molecule has 2 aromatic carbocycles. The van der Waals surface area contributed by atoms with Crippen LogP contribution in [0.2, 0.25) is 0 Å². The summed E-state index contributed by atoms with van der Waals surface area (Å²) in [6, 6.07) is 14.0. The standard InChI is InChI=1S/C24H27N5O2/c1-16-5-10-23(31-4)20(13-16)22(30)14-18-6-8-19(9-7-18)21-15-29(12-11-17(21)2)24-25-27-28(3)26-24/h5-10,13H,11-12,14-15H2,1-4H3. The maximum Gasteiger partial charge on any atom is 0.266 e. The third-order valence-corrected chi connectivity index (χ3v) is 5.72. The summed E-state index contributed by atoms with van der Waals surface area (Å²) in [4.78, 5) is 16.5. The van der Waals surface area contributed by atoms with Crippen molar-refractivity contribution in [1.29, 1.82) is 0 Å². The van der Waals surface area contributed by atoms with Gasteiger partial charge in [-0.1, -0.05) is 46.6 Å². The highest BCUT2D eigenvalue weighted by molar-refractivity contribution is 6.00. The molecule has 31 heavy (non-hydrogen) atoms. The average Bonchev–Trinajstić information content (AvgIpc) is 3.21. The second kappa shape index (κ2) is 8.71. The van der Waals surface area contributed by atoms with E-state index in [0.29, 0.717) is 23.7 Å². The molecule has 0 unspecified atom stereocenters. The lowest BCUT2D eigenvalue weighted by Crippen LogP contribution is -2.31. The van der Waals surface area contributed by atoms with Gasteiger partial charge < -0.3 is 9.64 Å². The number of anilines is 1. The second-order valence-corrected chi connectivity index (χ2v) is 8.01. The van der Waals surface area contributed by atoms with Gasteiger partial charge in [0.1, 0.15) is 5.75 Å². The second-order valence-electron chi connectivity index (χ2n) is 8.01. The zero-order valence-electron chi connectivity index (χ0n) is 18.4. The molecule has 0 radical (unpaired) electrons. The zero-order chi connectivity index (χ0) is 22.0. The Kier molecular flexibility index (Phi) is 5.84. The predicted molar refractivity (Wildman–Crippen MR) is 120 cm³/mol. The number of carbonyl (C=O) groups excluding carboxylic acids is 1. The fraction of sp³-hybridized carbons (Fsp3) is 0.333. The number of Topliss-reactive ketones (excluding diaryl/α,β-unsaturated/α-hetero) is 1. The topological polar surface area (TPSA) is 73.1 Å². The van der Waals surface area contributed by atoms with Crippen LogP contribution in [0.1, 0.15) is 40.4 Å². The van der Waals surface area contributed by atoms with Crippen LogP contribution in [-0.2, 0) is 13.5 Å². The van der Waals surface area contributed by atoms with Crippen LogP contribution in [0.25, 0.3) is 5.57 Å². The number of benzene rings is 2. The van der Waals surface area contributed by atoms with Gasteiger partial charge in [-0.2, -0.15) is 4.80 Å². The fourth-order valence-electron chi connectivity index (χ4n) is 3.91. The molecule has 7 heteroatoms. The van der Waals surface area contributed by atoms with Crippen LogP contribution in [0.5, 0.6) is 5.75 Å². The largest absolute Gasteiger partial charge is 0.496 e. The van der Waals surface area contributed by atoms with Gasteiger partial charge in [0.25, 0.3) is 5.95 Å². The SMILES string of the molecule is COc1ccc(C)cc1C(=O)Cc1ccc(C2=C(C)CCN(c3nnn(C)n3)C2)cc1. The van der Waals surface area contributed by atoms with Crippen molar-refractivity contribution in [1.82, 2.24) is 20.2 Å². The third kappa shape index (κ3) is 4.50. The van der Waals surface area contributed by atoms with Gasteiger partial charge >= 0.3 is 0 Å². The van der Waals surface area contributed by atoms with E-state index in [4.69, 9.17) is 4.74 Å². The maximum absolute atomic E-state index is 12.9. The number of rotatable bonds is 6. The first-order chi connectivity index (χ1) is 14.9. The van der Waals surface area contributed by atoms with Crippen LogP contribution in [0, 0.1) is 6.92 Å². The number of tetrazole rings is 1. The van der Waals surface area contributed by atoms with Crippen LogP contribution in [-0.4, -0.2) is 46.2 Å². The summed E-state index contributed by atoms with van der Waals surface area (Å²) in [6.07, 6.45) is 1.30. The van der Waals surface area contributed by atoms with Crippen LogP contribution in [0.4, 0.5) is 5.95 Å². The molecule has 2 heterocycles. The van der Waals surface area contributed by atoms with Crippen LogP contribution >= 0.6 is 0 Å². The Morgan fingerprint density at radius 3 is 2.58 bits per heavy atom. The maximum atomic E-state index is 12.9. The fourth-order valence-corrected chi connectivity index (χ4v) is 3.91. The monoisotopic (exact) mass is 417 g/mol. The van der Waals surface area contributed by atoms with Crippen molar-refractivity contribution >= 4 is 17.3 Å². The minimum Gasteiger partial charge on any atom is -0.496 e. The normalized spacial score (nSPS) is 14.1. The summed E-state index contributed by atoms with van der Waals surface area (Å²) in [5.41, 5.74) is 6.46. The van der Waals surface area contributed by atoms with Gasteiger partial charge in [0, 0.05) is 19.5 Å². The summed E-state index contributed by atoms with van der Waals surface area (Å²) >= 11 is 0. The van der Waals surface area contributed by atoms with Crippen molar-refractivity contribution < 1.29 is 9.53 Å². The molecule has 0 aliphatic carbocycles. The molecule has 4 rings (SSSR count). The number of nitrogens with zero attached hydrogens (tertiary/aromatic N) is 5. The van der Waals surface area contributed by atoms with Gasteiger partial charge in [0.2, 0.25) is 0 Å². The van der Waals surface area contributed by atoms with Gasteiger partial charge in [-0.3, -0.25) is 4.79 Å². The molecule has 0 N–H and O–H groups in total. The first kappa shape index (κ1) is 20.8. The summed E-state index contributed by atoms with van der Waals surface area (Å²) in [6.45, 7) is 5.78. The van der Waals surface area contributed by atoms with E-state index in [0.717, 1.165) is 36.2 Å². The number of hydrogen-bond donors (Lipinski definition) is 0. The van der Waals surface area contributed by atoms with E-state index in [1.807, 2.05) is 37.3 Å². The first-order valence-electron chi connectivity index (χ1n) is 10.4. The Morgan fingerprint density at radius 1 is 1.13 bits per heavy atom. The van der Waals surface area contributed by atoms with Crippen molar-refractivity contribution in [3.8, 4) is 5.75 Å². The number of ketones is 1. The third-order valence-electron chi connectivity index (χ3n) is 5.72. The molecule has 3 aromatic rings.